The average Bonchev–Trinajstić information content (AvgIpc) is 3.33. The van der Waals surface area contributed by atoms with Gasteiger partial charge in [-0.15, -0.1) is 0 Å². The Morgan fingerprint density at radius 2 is 2.08 bits per heavy atom. The molecule has 1 aliphatic rings. The number of aromatic amines is 1. The normalized spacial score (nSPS) is 14.3. The molecule has 0 bridgehead atoms. The van der Waals surface area contributed by atoms with E-state index in [2.05, 4.69) is 15.5 Å². The lowest BCUT2D eigenvalue weighted by atomic mass is 10.2. The van der Waals surface area contributed by atoms with E-state index in [4.69, 9.17) is 0 Å². The van der Waals surface area contributed by atoms with Gasteiger partial charge in [-0.1, -0.05) is 18.2 Å². The molecule has 0 unspecified atom stereocenters. The fourth-order valence-electron chi connectivity index (χ4n) is 2.94. The minimum absolute atomic E-state index is 0.168. The Morgan fingerprint density at radius 3 is 2.81 bits per heavy atom. The molecule has 3 heterocycles. The molecule has 1 aliphatic heterocycles. The number of carbonyl (C=O) groups is 1. The predicted molar refractivity (Wildman–Crippen MR) is 98.5 cm³/mol. The summed E-state index contributed by atoms with van der Waals surface area (Å²) in [5.74, 6) is 0.111. The second kappa shape index (κ2) is 6.35. The zero-order valence-electron chi connectivity index (χ0n) is 13.9. The highest BCUT2D eigenvalue weighted by Crippen LogP contribution is 2.32. The van der Waals surface area contributed by atoms with Crippen LogP contribution in [0.4, 0.5) is 5.82 Å². The molecule has 0 aliphatic carbocycles. The van der Waals surface area contributed by atoms with Gasteiger partial charge in [-0.05, 0) is 30.0 Å². The van der Waals surface area contributed by atoms with E-state index < -0.39 is 10.0 Å². The van der Waals surface area contributed by atoms with Crippen LogP contribution in [-0.2, 0) is 23.1 Å². The van der Waals surface area contributed by atoms with Crippen LogP contribution in [0.5, 0.6) is 0 Å². The third-order valence-corrected chi connectivity index (χ3v) is 6.98. The Labute approximate surface area is 154 Å². The zero-order valence-corrected chi connectivity index (χ0v) is 15.5. The summed E-state index contributed by atoms with van der Waals surface area (Å²) in [6.07, 6.45) is 0. The van der Waals surface area contributed by atoms with Gasteiger partial charge in [0, 0.05) is 17.5 Å². The van der Waals surface area contributed by atoms with Crippen molar-refractivity contribution >= 4 is 33.1 Å². The van der Waals surface area contributed by atoms with Crippen LogP contribution in [0.25, 0.3) is 0 Å². The van der Waals surface area contributed by atoms with E-state index in [9.17, 15) is 13.2 Å². The monoisotopic (exact) mass is 388 g/mol. The fraction of sp³-hybridized carbons (Fsp3) is 0.176. The Hall–Kier alpha value is -2.49. The van der Waals surface area contributed by atoms with Crippen molar-refractivity contribution in [3.05, 3.63) is 63.5 Å². The van der Waals surface area contributed by atoms with E-state index in [1.165, 1.54) is 15.6 Å². The fourth-order valence-corrected chi connectivity index (χ4v) is 5.18. The highest BCUT2D eigenvalue weighted by molar-refractivity contribution is 7.89. The molecule has 134 valence electrons. The van der Waals surface area contributed by atoms with Crippen molar-refractivity contribution in [2.45, 2.75) is 24.9 Å². The first-order valence-corrected chi connectivity index (χ1v) is 10.3. The SMILES string of the molecule is Cc1ccccc1S(=O)(=O)N1Cc2[nH]nc(NC(=O)c3ccsc3)c2C1. The van der Waals surface area contributed by atoms with E-state index in [-0.39, 0.29) is 19.0 Å². The van der Waals surface area contributed by atoms with Crippen LogP contribution in [0.1, 0.15) is 27.2 Å². The van der Waals surface area contributed by atoms with Crippen molar-refractivity contribution < 1.29 is 13.2 Å². The first-order chi connectivity index (χ1) is 12.5. The third-order valence-electron chi connectivity index (χ3n) is 4.35. The number of rotatable bonds is 4. The lowest BCUT2D eigenvalue weighted by Gasteiger charge is -2.17. The first kappa shape index (κ1) is 17.0. The summed E-state index contributed by atoms with van der Waals surface area (Å²) in [5, 5.41) is 13.3. The Balaban J connectivity index is 1.58. The number of fused-ring (bicyclic) bond motifs is 1. The number of anilines is 1. The summed E-state index contributed by atoms with van der Waals surface area (Å²) in [6, 6.07) is 8.62. The van der Waals surface area contributed by atoms with Gasteiger partial charge in [0.25, 0.3) is 5.91 Å². The van der Waals surface area contributed by atoms with E-state index in [1.54, 1.807) is 36.6 Å². The van der Waals surface area contributed by atoms with Gasteiger partial charge in [0.1, 0.15) is 0 Å². The van der Waals surface area contributed by atoms with E-state index >= 15 is 0 Å². The molecule has 9 heteroatoms. The van der Waals surface area contributed by atoms with Gasteiger partial charge in [-0.3, -0.25) is 9.89 Å². The number of benzene rings is 1. The third kappa shape index (κ3) is 2.83. The van der Waals surface area contributed by atoms with Crippen LogP contribution in [0, 0.1) is 6.92 Å². The summed E-state index contributed by atoms with van der Waals surface area (Å²) in [5.41, 5.74) is 2.65. The molecular weight excluding hydrogens is 372 g/mol. The van der Waals surface area contributed by atoms with Gasteiger partial charge >= 0.3 is 0 Å². The second-order valence-electron chi connectivity index (χ2n) is 6.03. The molecule has 2 aromatic heterocycles. The molecule has 0 saturated carbocycles. The molecule has 3 aromatic rings. The van der Waals surface area contributed by atoms with Crippen LogP contribution in [0.2, 0.25) is 0 Å². The minimum atomic E-state index is -3.62. The van der Waals surface area contributed by atoms with Crippen LogP contribution in [0.3, 0.4) is 0 Å². The lowest BCUT2D eigenvalue weighted by Crippen LogP contribution is -2.27. The van der Waals surface area contributed by atoms with Crippen molar-refractivity contribution in [2.75, 3.05) is 5.32 Å². The van der Waals surface area contributed by atoms with Crippen molar-refractivity contribution in [1.82, 2.24) is 14.5 Å². The summed E-state index contributed by atoms with van der Waals surface area (Å²) >= 11 is 1.43. The number of carbonyl (C=O) groups excluding carboxylic acids is 1. The molecule has 0 saturated heterocycles. The summed E-state index contributed by atoms with van der Waals surface area (Å²) in [6.45, 7) is 2.14. The van der Waals surface area contributed by atoms with Crippen LogP contribution < -0.4 is 5.32 Å². The number of nitrogens with one attached hydrogen (secondary N) is 2. The molecule has 2 N–H and O–H groups in total. The first-order valence-electron chi connectivity index (χ1n) is 7.92. The number of sulfonamides is 1. The summed E-state index contributed by atoms with van der Waals surface area (Å²) in [4.78, 5) is 12.5. The molecule has 7 nitrogen and oxygen atoms in total. The van der Waals surface area contributed by atoms with Gasteiger partial charge in [0.2, 0.25) is 10.0 Å². The van der Waals surface area contributed by atoms with Crippen molar-refractivity contribution in [3.8, 4) is 0 Å². The van der Waals surface area contributed by atoms with Gasteiger partial charge in [-0.2, -0.15) is 20.7 Å². The second-order valence-corrected chi connectivity index (χ2v) is 8.72. The van der Waals surface area contributed by atoms with Crippen LogP contribution >= 0.6 is 11.3 Å². The maximum absolute atomic E-state index is 12.9. The van der Waals surface area contributed by atoms with Gasteiger partial charge in [0.15, 0.2) is 5.82 Å². The number of aryl methyl sites for hydroxylation is 1. The molecule has 0 radical (unpaired) electrons. The van der Waals surface area contributed by atoms with Crippen molar-refractivity contribution in [3.63, 3.8) is 0 Å². The molecule has 26 heavy (non-hydrogen) atoms. The molecule has 0 fully saturated rings. The van der Waals surface area contributed by atoms with E-state index in [1.807, 2.05) is 11.4 Å². The topological polar surface area (TPSA) is 95.2 Å². The van der Waals surface area contributed by atoms with Crippen molar-refractivity contribution in [2.24, 2.45) is 0 Å². The Bertz CT molecular complexity index is 1070. The molecular formula is C17H16N4O3S2. The van der Waals surface area contributed by atoms with E-state index in [0.717, 1.165) is 0 Å². The highest BCUT2D eigenvalue weighted by atomic mass is 32.2. The van der Waals surface area contributed by atoms with E-state index in [0.29, 0.717) is 33.1 Å². The van der Waals surface area contributed by atoms with Gasteiger partial charge in [0.05, 0.1) is 22.7 Å². The molecule has 1 amide bonds. The number of H-pyrrole nitrogens is 1. The van der Waals surface area contributed by atoms with Crippen LogP contribution in [0.15, 0.2) is 46.0 Å². The average molecular weight is 388 g/mol. The smallest absolute Gasteiger partial charge is 0.257 e. The summed E-state index contributed by atoms with van der Waals surface area (Å²) in [7, 11) is -3.62. The summed E-state index contributed by atoms with van der Waals surface area (Å²) < 4.78 is 27.3. The number of amides is 1. The zero-order chi connectivity index (χ0) is 18.3. The largest absolute Gasteiger partial charge is 0.305 e. The predicted octanol–water partition coefficient (Wildman–Crippen LogP) is 2.74. The lowest BCUT2D eigenvalue weighted by molar-refractivity contribution is 0.102. The molecule has 0 spiro atoms. The maximum atomic E-state index is 12.9. The minimum Gasteiger partial charge on any atom is -0.305 e. The number of aromatic nitrogens is 2. The van der Waals surface area contributed by atoms with Gasteiger partial charge < -0.3 is 5.32 Å². The number of thiophene rings is 1. The van der Waals surface area contributed by atoms with Crippen molar-refractivity contribution in [1.29, 1.82) is 0 Å². The maximum Gasteiger partial charge on any atom is 0.257 e. The molecule has 0 atom stereocenters. The van der Waals surface area contributed by atoms with Crippen LogP contribution in [-0.4, -0.2) is 28.8 Å². The number of nitrogens with zero attached hydrogens (tertiary/aromatic N) is 2. The molecule has 1 aromatic carbocycles. The number of hydrogen-bond acceptors (Lipinski definition) is 5. The standard InChI is InChI=1S/C17H16N4O3S2/c1-11-4-2-3-5-15(11)26(23,24)21-8-13-14(9-21)19-20-16(13)18-17(22)12-6-7-25-10-12/h2-7,10H,8-9H2,1H3,(H2,18,19,20,22). The molecule has 4 rings (SSSR count). The highest BCUT2D eigenvalue weighted by Gasteiger charge is 2.34. The Morgan fingerprint density at radius 1 is 1.27 bits per heavy atom. The number of hydrogen-bond donors (Lipinski definition) is 2. The van der Waals surface area contributed by atoms with Gasteiger partial charge in [-0.25, -0.2) is 8.42 Å². The quantitative estimate of drug-likeness (QED) is 0.718. The Kier molecular flexibility index (Phi) is 4.14.